The first-order valence-corrected chi connectivity index (χ1v) is 14.0. The molecule has 0 aliphatic heterocycles. The van der Waals surface area contributed by atoms with Gasteiger partial charge in [-0.3, -0.25) is 0 Å². The number of ketones is 1. The number of aliphatic hydroxyl groups excluding tert-OH is 1. The summed E-state index contributed by atoms with van der Waals surface area (Å²) < 4.78 is 23.0. The van der Waals surface area contributed by atoms with Crippen LogP contribution in [0, 0.1) is 22.7 Å². The van der Waals surface area contributed by atoms with Crippen LogP contribution in [0.3, 0.4) is 0 Å². The topological polar surface area (TPSA) is 80.7 Å². The molecule has 33 heavy (non-hydrogen) atoms. The molecule has 0 aromatic carbocycles. The second kappa shape index (κ2) is 8.15. The molecule has 0 radical (unpaired) electrons. The van der Waals surface area contributed by atoms with Crippen molar-refractivity contribution in [2.75, 3.05) is 4.78 Å². The molecule has 0 heterocycles. The first-order chi connectivity index (χ1) is 15.4. The number of fused-ring (bicyclic) bond motifs is 5. The van der Waals surface area contributed by atoms with Crippen molar-refractivity contribution < 1.29 is 28.6 Å². The van der Waals surface area contributed by atoms with E-state index in [2.05, 4.69) is 6.58 Å². The zero-order chi connectivity index (χ0) is 24.4. The first kappa shape index (κ1) is 24.8. The maximum atomic E-state index is 17.2. The summed E-state index contributed by atoms with van der Waals surface area (Å²) in [7, 11) is 0. The Labute approximate surface area is 205 Å². The molecular weight excluding hydrogens is 514 g/mol. The van der Waals surface area contributed by atoms with Gasteiger partial charge in [-0.15, -0.1) is 0 Å². The van der Waals surface area contributed by atoms with Gasteiger partial charge in [0.2, 0.25) is 0 Å². The Bertz CT molecular complexity index is 993. The van der Waals surface area contributed by atoms with E-state index in [4.69, 9.17) is 16.3 Å². The Hall–Kier alpha value is -1.27. The van der Waals surface area contributed by atoms with Crippen LogP contribution < -0.4 is 0 Å². The number of allylic oxidation sites excluding steroid dienone is 4. The van der Waals surface area contributed by atoms with Gasteiger partial charge in [-0.1, -0.05) is 0 Å². The number of ether oxygens (including phenoxy) is 1. The van der Waals surface area contributed by atoms with Gasteiger partial charge in [0.1, 0.15) is 0 Å². The van der Waals surface area contributed by atoms with E-state index in [0.29, 0.717) is 30.4 Å². The van der Waals surface area contributed by atoms with E-state index < -0.39 is 55.0 Å². The molecule has 0 spiro atoms. The summed E-state index contributed by atoms with van der Waals surface area (Å²) in [5.41, 5.74) is -4.61. The van der Waals surface area contributed by atoms with Gasteiger partial charge in [0.05, 0.1) is 0 Å². The zero-order valence-corrected chi connectivity index (χ0v) is 21.6. The quantitative estimate of drug-likeness (QED) is 0.248. The van der Waals surface area contributed by atoms with Crippen molar-refractivity contribution in [1.82, 2.24) is 0 Å². The van der Waals surface area contributed by atoms with E-state index >= 15 is 4.39 Å². The van der Waals surface area contributed by atoms with Crippen LogP contribution in [-0.4, -0.2) is 58.6 Å². The monoisotopic (exact) mass is 544 g/mol. The number of hydrogen-bond acceptors (Lipinski definition) is 5. The molecule has 180 valence electrons. The van der Waals surface area contributed by atoms with Crippen LogP contribution in [0.25, 0.3) is 0 Å². The van der Waals surface area contributed by atoms with Crippen molar-refractivity contribution in [3.63, 3.8) is 0 Å². The first-order valence-electron chi connectivity index (χ1n) is 11.4. The Balaban J connectivity index is 1.85. The van der Waals surface area contributed by atoms with Gasteiger partial charge in [0.15, 0.2) is 0 Å². The molecule has 5 nitrogen and oxygen atoms in total. The predicted octanol–water partition coefficient (Wildman–Crippen LogP) is 3.64. The Morgan fingerprint density at radius 2 is 2.06 bits per heavy atom. The van der Waals surface area contributed by atoms with E-state index in [-0.39, 0.29) is 34.0 Å². The number of aliphatic hydroxyl groups is 1. The molecule has 0 saturated heterocycles. The van der Waals surface area contributed by atoms with Gasteiger partial charge in [-0.05, 0) is 0 Å². The average molecular weight is 544 g/mol. The normalized spacial score (nSPS) is 43.9. The van der Waals surface area contributed by atoms with E-state index in [1.165, 1.54) is 12.2 Å². The van der Waals surface area contributed by atoms with E-state index in [0.717, 1.165) is 0 Å². The van der Waals surface area contributed by atoms with Crippen molar-refractivity contribution in [2.24, 2.45) is 22.7 Å². The van der Waals surface area contributed by atoms with Gasteiger partial charge in [0, 0.05) is 0 Å². The molecule has 4 aliphatic carbocycles. The molecule has 3 saturated carbocycles. The second-order valence-corrected chi connectivity index (χ2v) is 13.1. The molecule has 0 aromatic heterocycles. The van der Waals surface area contributed by atoms with Crippen molar-refractivity contribution in [3.8, 4) is 0 Å². The van der Waals surface area contributed by atoms with Crippen LogP contribution in [0.1, 0.15) is 52.9 Å². The molecule has 0 amide bonds. The van der Waals surface area contributed by atoms with Crippen molar-refractivity contribution >= 4 is 43.0 Å². The molecule has 2 unspecified atom stereocenters. The third-order valence-corrected chi connectivity index (χ3v) is 10.8. The van der Waals surface area contributed by atoms with Gasteiger partial charge >= 0.3 is 205 Å². The number of carbonyl (C=O) groups is 3. The Kier molecular flexibility index (Phi) is 6.13. The number of hydrogen-bond donors (Lipinski definition) is 1. The van der Waals surface area contributed by atoms with Gasteiger partial charge in [-0.2, -0.15) is 0 Å². The number of rotatable bonds is 5. The van der Waals surface area contributed by atoms with Crippen LogP contribution in [-0.2, 0) is 19.1 Å². The molecule has 4 rings (SSSR count). The summed E-state index contributed by atoms with van der Waals surface area (Å²) in [6, 6.07) is 0. The molecule has 7 atom stereocenters. The summed E-state index contributed by atoms with van der Waals surface area (Å²) in [4.78, 5) is 38.0. The molecule has 4 aliphatic rings. The van der Waals surface area contributed by atoms with Crippen molar-refractivity contribution in [2.45, 2.75) is 70.2 Å². The molecule has 3 fully saturated rings. The molecule has 8 heteroatoms. The Morgan fingerprint density at radius 3 is 2.70 bits per heavy atom. The summed E-state index contributed by atoms with van der Waals surface area (Å²) in [5, 5.41) is 11.4. The summed E-state index contributed by atoms with van der Waals surface area (Å²) in [5.74, 6) is -1.66. The number of alkyl halides is 2. The van der Waals surface area contributed by atoms with Gasteiger partial charge < -0.3 is 0 Å². The second-order valence-electron chi connectivity index (χ2n) is 10.1. The Morgan fingerprint density at radius 1 is 1.36 bits per heavy atom. The molecule has 0 aromatic rings. The van der Waals surface area contributed by atoms with Crippen LogP contribution in [0.2, 0.25) is 0 Å². The van der Waals surface area contributed by atoms with Crippen molar-refractivity contribution in [1.29, 1.82) is 0 Å². The zero-order valence-electron chi connectivity index (χ0n) is 19.2. The molecule has 0 bridgehead atoms. The average Bonchev–Trinajstić information content (AvgIpc) is 2.97. The third-order valence-electron chi connectivity index (χ3n) is 8.83. The maximum absolute atomic E-state index is 17.2. The standard InChI is InChI=1S/C25H30ClFO5Se/c1-5-20(30)32-25(21(31)33-13-26)14(2)10-18-17-7-6-15-11-16(28)8-9-22(15,3)24(17,27)19(29)12-23(18,25)4/h8-9,11,17-19,29H,2,5-7,10,12-13H2,1,3-4H3/t17?,18?,19-,22-,23-,24-,25-/m0/s1. The SMILES string of the molecule is C=C1CC2C3CCC4=CC(=O)C=C[C@]4(C)[C@@]3(F)[C@@H](O)C[C@]2(C)[C@@]1(OC(=O)CC)C(=O)[Se]CCl. The van der Waals surface area contributed by atoms with Crippen molar-refractivity contribution in [3.05, 3.63) is 36.0 Å². The van der Waals surface area contributed by atoms with Crippen LogP contribution in [0.5, 0.6) is 0 Å². The van der Waals surface area contributed by atoms with Crippen LogP contribution in [0.15, 0.2) is 36.0 Å². The summed E-state index contributed by atoms with van der Waals surface area (Å²) in [6.07, 6.45) is 4.35. The third kappa shape index (κ3) is 3.08. The van der Waals surface area contributed by atoms with Crippen LogP contribution in [0.4, 0.5) is 4.39 Å². The van der Waals surface area contributed by atoms with Gasteiger partial charge in [-0.25, -0.2) is 0 Å². The minimum absolute atomic E-state index is 0.0601. The number of esters is 1. The fourth-order valence-electron chi connectivity index (χ4n) is 7.16. The molecule has 1 N–H and O–H groups in total. The predicted molar refractivity (Wildman–Crippen MR) is 123 cm³/mol. The van der Waals surface area contributed by atoms with E-state index in [1.807, 2.05) is 6.92 Å². The van der Waals surface area contributed by atoms with Crippen LogP contribution >= 0.6 is 11.6 Å². The number of halogens is 2. The fourth-order valence-corrected chi connectivity index (χ4v) is 9.19. The molecular formula is C25H30ClFO5Se. The van der Waals surface area contributed by atoms with Gasteiger partial charge in [0.25, 0.3) is 0 Å². The fraction of sp³-hybridized carbons (Fsp3) is 0.640. The summed E-state index contributed by atoms with van der Waals surface area (Å²) in [6.45, 7) is 9.39. The number of carbonyl (C=O) groups excluding carboxylic acids is 3. The minimum atomic E-state index is -2.02. The van der Waals surface area contributed by atoms with E-state index in [9.17, 15) is 19.5 Å². The van der Waals surface area contributed by atoms with E-state index in [1.54, 1.807) is 19.9 Å². The summed E-state index contributed by atoms with van der Waals surface area (Å²) >= 11 is 5.27.